The Bertz CT molecular complexity index is 601. The highest BCUT2D eigenvalue weighted by molar-refractivity contribution is 5.31. The molecule has 4 heteroatoms. The Morgan fingerprint density at radius 1 is 1.15 bits per heavy atom. The molecule has 2 unspecified atom stereocenters. The van der Waals surface area contributed by atoms with E-state index in [1.807, 2.05) is 0 Å². The summed E-state index contributed by atoms with van der Waals surface area (Å²) in [5.41, 5.74) is 6.87. The normalized spacial score (nSPS) is 14.1. The number of hydrogen-bond donors (Lipinski definition) is 2. The van der Waals surface area contributed by atoms with Crippen molar-refractivity contribution in [2.75, 3.05) is 6.54 Å². The molecule has 0 heterocycles. The zero-order chi connectivity index (χ0) is 14.7. The zero-order valence-corrected chi connectivity index (χ0v) is 11.2. The fourth-order valence-electron chi connectivity index (χ4n) is 2.30. The summed E-state index contributed by atoms with van der Waals surface area (Å²) >= 11 is 0. The van der Waals surface area contributed by atoms with Crippen molar-refractivity contribution in [2.24, 2.45) is 5.73 Å². The van der Waals surface area contributed by atoms with Gasteiger partial charge in [-0.05, 0) is 30.2 Å². The monoisotopic (exact) mass is 277 g/mol. The van der Waals surface area contributed by atoms with Crippen LogP contribution in [-0.4, -0.2) is 11.7 Å². The first-order valence-corrected chi connectivity index (χ1v) is 6.43. The fourth-order valence-corrected chi connectivity index (χ4v) is 2.30. The number of benzene rings is 2. The molecule has 106 valence electrons. The van der Waals surface area contributed by atoms with Crippen LogP contribution in [0.25, 0.3) is 0 Å². The van der Waals surface area contributed by atoms with E-state index in [2.05, 4.69) is 0 Å². The van der Waals surface area contributed by atoms with Crippen LogP contribution in [0.2, 0.25) is 0 Å². The third kappa shape index (κ3) is 2.86. The first-order chi connectivity index (χ1) is 9.54. The van der Waals surface area contributed by atoms with Crippen LogP contribution in [0.1, 0.15) is 28.7 Å². The van der Waals surface area contributed by atoms with Gasteiger partial charge in [0.15, 0.2) is 0 Å². The number of aliphatic hydroxyl groups is 1. The Labute approximate surface area is 116 Å². The molecule has 0 fully saturated rings. The van der Waals surface area contributed by atoms with Crippen molar-refractivity contribution in [3.05, 3.63) is 70.8 Å². The highest BCUT2D eigenvalue weighted by Crippen LogP contribution is 2.32. The lowest BCUT2D eigenvalue weighted by Gasteiger charge is -2.23. The van der Waals surface area contributed by atoms with Crippen LogP contribution < -0.4 is 5.73 Å². The molecule has 0 aliphatic carbocycles. The Morgan fingerprint density at radius 2 is 1.85 bits per heavy atom. The van der Waals surface area contributed by atoms with Crippen LogP contribution in [0, 0.1) is 18.6 Å². The summed E-state index contributed by atoms with van der Waals surface area (Å²) in [6.45, 7) is 1.73. The molecule has 0 bridgehead atoms. The van der Waals surface area contributed by atoms with Crippen LogP contribution in [0.4, 0.5) is 8.78 Å². The van der Waals surface area contributed by atoms with Crippen molar-refractivity contribution >= 4 is 0 Å². The molecule has 0 radical (unpaired) electrons. The molecular formula is C16H17F2NO. The second kappa shape index (κ2) is 6.11. The van der Waals surface area contributed by atoms with Gasteiger partial charge in [0.05, 0.1) is 6.10 Å². The van der Waals surface area contributed by atoms with E-state index in [1.165, 1.54) is 18.2 Å². The average molecular weight is 277 g/mol. The lowest BCUT2D eigenvalue weighted by Crippen LogP contribution is -2.21. The number of hydrogen-bond acceptors (Lipinski definition) is 2. The van der Waals surface area contributed by atoms with Gasteiger partial charge in [0, 0.05) is 18.0 Å². The summed E-state index contributed by atoms with van der Waals surface area (Å²) < 4.78 is 27.3. The zero-order valence-electron chi connectivity index (χ0n) is 11.2. The minimum atomic E-state index is -1.11. The molecule has 0 aliphatic heterocycles. The van der Waals surface area contributed by atoms with Crippen molar-refractivity contribution in [2.45, 2.75) is 18.9 Å². The summed E-state index contributed by atoms with van der Waals surface area (Å²) in [6, 6.07) is 10.7. The van der Waals surface area contributed by atoms with E-state index in [-0.39, 0.29) is 12.1 Å². The second-order valence-corrected chi connectivity index (χ2v) is 4.82. The van der Waals surface area contributed by atoms with Crippen molar-refractivity contribution in [1.82, 2.24) is 0 Å². The van der Waals surface area contributed by atoms with E-state index in [0.717, 1.165) is 0 Å². The summed E-state index contributed by atoms with van der Waals surface area (Å²) in [6.07, 6.45) is -1.11. The number of aryl methyl sites for hydroxylation is 1. The van der Waals surface area contributed by atoms with Crippen molar-refractivity contribution < 1.29 is 13.9 Å². The molecule has 0 saturated carbocycles. The van der Waals surface area contributed by atoms with E-state index in [0.29, 0.717) is 11.1 Å². The number of halogens is 2. The maximum atomic E-state index is 14.1. The van der Waals surface area contributed by atoms with E-state index >= 15 is 0 Å². The highest BCUT2D eigenvalue weighted by Gasteiger charge is 2.24. The molecule has 0 aliphatic rings. The lowest BCUT2D eigenvalue weighted by molar-refractivity contribution is 0.143. The summed E-state index contributed by atoms with van der Waals surface area (Å²) in [5.74, 6) is -1.41. The van der Waals surface area contributed by atoms with Gasteiger partial charge in [-0.15, -0.1) is 0 Å². The van der Waals surface area contributed by atoms with Gasteiger partial charge in [-0.3, -0.25) is 0 Å². The number of nitrogens with two attached hydrogens (primary N) is 1. The van der Waals surface area contributed by atoms with E-state index < -0.39 is 23.7 Å². The highest BCUT2D eigenvalue weighted by atomic mass is 19.1. The molecule has 2 aromatic carbocycles. The average Bonchev–Trinajstić information content (AvgIpc) is 2.42. The first-order valence-electron chi connectivity index (χ1n) is 6.43. The molecule has 2 atom stereocenters. The lowest BCUT2D eigenvalue weighted by atomic mass is 9.88. The van der Waals surface area contributed by atoms with Crippen LogP contribution in [0.5, 0.6) is 0 Å². The summed E-state index contributed by atoms with van der Waals surface area (Å²) in [4.78, 5) is 0. The van der Waals surface area contributed by atoms with Gasteiger partial charge < -0.3 is 10.8 Å². The Hall–Kier alpha value is -1.78. The van der Waals surface area contributed by atoms with Gasteiger partial charge in [0.25, 0.3) is 0 Å². The quantitative estimate of drug-likeness (QED) is 0.902. The smallest absolute Gasteiger partial charge is 0.131 e. The van der Waals surface area contributed by atoms with Crippen molar-refractivity contribution in [1.29, 1.82) is 0 Å². The molecule has 0 amide bonds. The molecule has 0 spiro atoms. The van der Waals surface area contributed by atoms with Crippen molar-refractivity contribution in [3.63, 3.8) is 0 Å². The minimum Gasteiger partial charge on any atom is -0.388 e. The maximum absolute atomic E-state index is 14.1. The van der Waals surface area contributed by atoms with Crippen LogP contribution in [0.15, 0.2) is 42.5 Å². The molecule has 2 rings (SSSR count). The maximum Gasteiger partial charge on any atom is 0.131 e. The Kier molecular flexibility index (Phi) is 4.47. The fraction of sp³-hybridized carbons (Fsp3) is 0.250. The molecule has 2 aromatic rings. The van der Waals surface area contributed by atoms with E-state index in [4.69, 9.17) is 5.73 Å². The molecule has 3 N–H and O–H groups in total. The van der Waals surface area contributed by atoms with E-state index in [9.17, 15) is 13.9 Å². The van der Waals surface area contributed by atoms with E-state index in [1.54, 1.807) is 31.2 Å². The minimum absolute atomic E-state index is 0.0952. The molecule has 20 heavy (non-hydrogen) atoms. The van der Waals surface area contributed by atoms with Gasteiger partial charge in [0.1, 0.15) is 11.6 Å². The topological polar surface area (TPSA) is 46.2 Å². The van der Waals surface area contributed by atoms with Crippen molar-refractivity contribution in [3.8, 4) is 0 Å². The number of aliphatic hydroxyl groups excluding tert-OH is 1. The number of rotatable bonds is 4. The van der Waals surface area contributed by atoms with Gasteiger partial charge in [-0.2, -0.15) is 0 Å². The van der Waals surface area contributed by atoms with Gasteiger partial charge in [-0.1, -0.05) is 30.3 Å². The molecule has 0 saturated heterocycles. The Morgan fingerprint density at radius 3 is 2.50 bits per heavy atom. The SMILES string of the molecule is Cc1cccc(C(O)C(CN)c2cccc(F)c2)c1F. The Balaban J connectivity index is 2.39. The molecule has 2 nitrogen and oxygen atoms in total. The summed E-state index contributed by atoms with van der Waals surface area (Å²) in [5, 5.41) is 10.4. The standard InChI is InChI=1S/C16H17F2NO/c1-10-4-2-7-13(15(10)18)16(20)14(9-19)11-5-3-6-12(17)8-11/h2-8,14,16,20H,9,19H2,1H3. The molecule has 0 aromatic heterocycles. The van der Waals surface area contributed by atoms with Crippen LogP contribution in [-0.2, 0) is 0 Å². The largest absolute Gasteiger partial charge is 0.388 e. The van der Waals surface area contributed by atoms with Gasteiger partial charge in [0.2, 0.25) is 0 Å². The summed E-state index contributed by atoms with van der Waals surface area (Å²) in [7, 11) is 0. The van der Waals surface area contributed by atoms with Crippen LogP contribution >= 0.6 is 0 Å². The van der Waals surface area contributed by atoms with Gasteiger partial charge >= 0.3 is 0 Å². The third-order valence-corrected chi connectivity index (χ3v) is 3.45. The second-order valence-electron chi connectivity index (χ2n) is 4.82. The predicted octanol–water partition coefficient (Wildman–Crippen LogP) is 3.05. The first kappa shape index (κ1) is 14.6. The predicted molar refractivity (Wildman–Crippen MR) is 74.3 cm³/mol. The van der Waals surface area contributed by atoms with Gasteiger partial charge in [-0.25, -0.2) is 8.78 Å². The molecular weight excluding hydrogens is 260 g/mol. The third-order valence-electron chi connectivity index (χ3n) is 3.45. The van der Waals surface area contributed by atoms with Crippen LogP contribution in [0.3, 0.4) is 0 Å².